The molecule has 0 bridgehead atoms. The van der Waals surface area contributed by atoms with Crippen molar-refractivity contribution >= 4 is 6.03 Å². The summed E-state index contributed by atoms with van der Waals surface area (Å²) in [6, 6.07) is 1.98. The first-order valence-corrected chi connectivity index (χ1v) is 8.14. The third-order valence-electron chi connectivity index (χ3n) is 4.62. The van der Waals surface area contributed by atoms with Crippen molar-refractivity contribution in [2.24, 2.45) is 11.3 Å². The fraction of sp³-hybridized carbons (Fsp3) is 0.706. The molecule has 0 aromatic carbocycles. The molecule has 2 amide bonds. The summed E-state index contributed by atoms with van der Waals surface area (Å²) in [4.78, 5) is 12.2. The Morgan fingerprint density at radius 1 is 1.45 bits per heavy atom. The van der Waals surface area contributed by atoms with Gasteiger partial charge in [0.2, 0.25) is 0 Å². The van der Waals surface area contributed by atoms with Crippen LogP contribution >= 0.6 is 0 Å². The first-order valence-electron chi connectivity index (χ1n) is 8.14. The quantitative estimate of drug-likeness (QED) is 0.902. The van der Waals surface area contributed by atoms with Gasteiger partial charge in [0.1, 0.15) is 11.5 Å². The molecule has 2 atom stereocenters. The van der Waals surface area contributed by atoms with Crippen LogP contribution in [0, 0.1) is 18.3 Å². The summed E-state index contributed by atoms with van der Waals surface area (Å²) in [5, 5.41) is 6.09. The van der Waals surface area contributed by atoms with E-state index in [4.69, 9.17) is 9.15 Å². The second kappa shape index (κ2) is 5.95. The second-order valence-electron chi connectivity index (χ2n) is 7.42. The highest BCUT2D eigenvalue weighted by Crippen LogP contribution is 2.41. The number of hydrogen-bond acceptors (Lipinski definition) is 3. The van der Waals surface area contributed by atoms with E-state index in [1.807, 2.05) is 6.92 Å². The molecule has 5 nitrogen and oxygen atoms in total. The molecule has 3 rings (SSSR count). The van der Waals surface area contributed by atoms with Gasteiger partial charge in [0.25, 0.3) is 0 Å². The van der Waals surface area contributed by atoms with Crippen molar-refractivity contribution < 1.29 is 13.9 Å². The molecule has 22 heavy (non-hydrogen) atoms. The standard InChI is InChI=1S/C17H26N2O3/c1-11-6-13-14(7-17(2,3)8-15(13)22-11)19-16(20)18-9-12-4-5-21-10-12/h6,12,14H,4-5,7-10H2,1-3H3,(H2,18,19,20)/t12-,14-/m0/s1. The molecule has 0 spiro atoms. The van der Waals surface area contributed by atoms with Gasteiger partial charge >= 0.3 is 6.03 Å². The lowest BCUT2D eigenvalue weighted by atomic mass is 9.75. The van der Waals surface area contributed by atoms with Crippen molar-refractivity contribution in [3.8, 4) is 0 Å². The average molecular weight is 306 g/mol. The molecule has 2 N–H and O–H groups in total. The summed E-state index contributed by atoms with van der Waals surface area (Å²) < 4.78 is 11.1. The molecule has 2 heterocycles. The Morgan fingerprint density at radius 3 is 3.00 bits per heavy atom. The molecule has 122 valence electrons. The van der Waals surface area contributed by atoms with Crippen molar-refractivity contribution in [2.45, 2.75) is 46.1 Å². The molecule has 1 aliphatic carbocycles. The number of carbonyl (C=O) groups excluding carboxylic acids is 1. The molecule has 0 saturated carbocycles. The summed E-state index contributed by atoms with van der Waals surface area (Å²) in [7, 11) is 0. The first-order chi connectivity index (χ1) is 10.4. The molecule has 0 unspecified atom stereocenters. The first kappa shape index (κ1) is 15.4. The zero-order chi connectivity index (χ0) is 15.7. The Bertz CT molecular complexity index is 544. The zero-order valence-corrected chi connectivity index (χ0v) is 13.7. The van der Waals surface area contributed by atoms with Crippen molar-refractivity contribution in [2.75, 3.05) is 19.8 Å². The van der Waals surface area contributed by atoms with E-state index in [0.29, 0.717) is 12.5 Å². The fourth-order valence-corrected chi connectivity index (χ4v) is 3.50. The van der Waals surface area contributed by atoms with Crippen LogP contribution in [-0.4, -0.2) is 25.8 Å². The van der Waals surface area contributed by atoms with Crippen LogP contribution in [0.15, 0.2) is 10.5 Å². The van der Waals surface area contributed by atoms with Crippen molar-refractivity contribution in [1.29, 1.82) is 0 Å². The van der Waals surface area contributed by atoms with Crippen LogP contribution in [-0.2, 0) is 11.2 Å². The van der Waals surface area contributed by atoms with Crippen molar-refractivity contribution in [1.82, 2.24) is 10.6 Å². The van der Waals surface area contributed by atoms with Crippen LogP contribution in [0.25, 0.3) is 0 Å². The summed E-state index contributed by atoms with van der Waals surface area (Å²) >= 11 is 0. The van der Waals surface area contributed by atoms with Gasteiger partial charge in [-0.15, -0.1) is 0 Å². The molecular weight excluding hydrogens is 280 g/mol. The number of amides is 2. The average Bonchev–Trinajstić information content (AvgIpc) is 3.04. The molecule has 0 radical (unpaired) electrons. The topological polar surface area (TPSA) is 63.5 Å². The highest BCUT2D eigenvalue weighted by molar-refractivity contribution is 5.74. The highest BCUT2D eigenvalue weighted by Gasteiger charge is 2.35. The fourth-order valence-electron chi connectivity index (χ4n) is 3.50. The van der Waals surface area contributed by atoms with E-state index < -0.39 is 0 Å². The smallest absolute Gasteiger partial charge is 0.315 e. The Kier molecular flexibility index (Phi) is 4.17. The molecule has 1 fully saturated rings. The van der Waals surface area contributed by atoms with E-state index in [2.05, 4.69) is 30.5 Å². The largest absolute Gasteiger partial charge is 0.466 e. The number of furan rings is 1. The van der Waals surface area contributed by atoms with E-state index in [9.17, 15) is 4.79 Å². The van der Waals surface area contributed by atoms with Gasteiger partial charge < -0.3 is 19.8 Å². The van der Waals surface area contributed by atoms with Gasteiger partial charge in [0.05, 0.1) is 12.6 Å². The molecule has 1 saturated heterocycles. The zero-order valence-electron chi connectivity index (χ0n) is 13.7. The number of aryl methyl sites for hydroxylation is 1. The number of ether oxygens (including phenoxy) is 1. The van der Waals surface area contributed by atoms with Gasteiger partial charge in [-0.1, -0.05) is 13.8 Å². The number of hydrogen-bond donors (Lipinski definition) is 2. The Balaban J connectivity index is 1.62. The maximum absolute atomic E-state index is 12.2. The SMILES string of the molecule is Cc1cc2c(o1)CC(C)(C)C[C@@H]2NC(=O)NC[C@@H]1CCOC1. The van der Waals surface area contributed by atoms with Crippen LogP contribution in [0.1, 0.15) is 49.8 Å². The van der Waals surface area contributed by atoms with Gasteiger partial charge in [-0.3, -0.25) is 0 Å². The van der Waals surface area contributed by atoms with E-state index in [-0.39, 0.29) is 17.5 Å². The third kappa shape index (κ3) is 3.46. The van der Waals surface area contributed by atoms with Gasteiger partial charge in [-0.05, 0) is 31.2 Å². The van der Waals surface area contributed by atoms with Crippen LogP contribution in [0.5, 0.6) is 0 Å². The third-order valence-corrected chi connectivity index (χ3v) is 4.62. The molecule has 5 heteroatoms. The van der Waals surface area contributed by atoms with Crippen LogP contribution in [0.3, 0.4) is 0 Å². The van der Waals surface area contributed by atoms with Crippen molar-refractivity contribution in [3.63, 3.8) is 0 Å². The van der Waals surface area contributed by atoms with E-state index in [0.717, 1.165) is 49.6 Å². The maximum Gasteiger partial charge on any atom is 0.315 e. The van der Waals surface area contributed by atoms with Crippen LogP contribution in [0.2, 0.25) is 0 Å². The number of fused-ring (bicyclic) bond motifs is 1. The lowest BCUT2D eigenvalue weighted by Crippen LogP contribution is -2.43. The summed E-state index contributed by atoms with van der Waals surface area (Å²) in [5.74, 6) is 2.38. The van der Waals surface area contributed by atoms with Gasteiger partial charge in [0.15, 0.2) is 0 Å². The van der Waals surface area contributed by atoms with E-state index in [1.54, 1.807) is 0 Å². The molecule has 1 aliphatic heterocycles. The minimum Gasteiger partial charge on any atom is -0.466 e. The Hall–Kier alpha value is -1.49. The van der Waals surface area contributed by atoms with Gasteiger partial charge in [0, 0.05) is 31.1 Å². The molecular formula is C17H26N2O3. The van der Waals surface area contributed by atoms with Crippen LogP contribution in [0.4, 0.5) is 4.79 Å². The predicted molar refractivity (Wildman–Crippen MR) is 83.7 cm³/mol. The number of carbonyl (C=O) groups is 1. The minimum atomic E-state index is -0.0978. The number of nitrogens with one attached hydrogen (secondary N) is 2. The lowest BCUT2D eigenvalue weighted by Gasteiger charge is -2.34. The minimum absolute atomic E-state index is 0.0241. The molecule has 2 aliphatic rings. The summed E-state index contributed by atoms with van der Waals surface area (Å²) in [6.07, 6.45) is 2.89. The number of rotatable bonds is 3. The lowest BCUT2D eigenvalue weighted by molar-refractivity contribution is 0.184. The van der Waals surface area contributed by atoms with Crippen molar-refractivity contribution in [3.05, 3.63) is 23.2 Å². The predicted octanol–water partition coefficient (Wildman–Crippen LogP) is 2.94. The monoisotopic (exact) mass is 306 g/mol. The number of urea groups is 1. The van der Waals surface area contributed by atoms with Crippen LogP contribution < -0.4 is 10.6 Å². The maximum atomic E-state index is 12.2. The Morgan fingerprint density at radius 2 is 2.27 bits per heavy atom. The van der Waals surface area contributed by atoms with Gasteiger partial charge in [-0.25, -0.2) is 4.79 Å². The Labute approximate surface area is 131 Å². The van der Waals surface area contributed by atoms with E-state index >= 15 is 0 Å². The highest BCUT2D eigenvalue weighted by atomic mass is 16.5. The summed E-state index contributed by atoms with van der Waals surface area (Å²) in [6.45, 7) is 8.64. The summed E-state index contributed by atoms with van der Waals surface area (Å²) in [5.41, 5.74) is 1.27. The molecule has 1 aromatic heterocycles. The molecule has 1 aromatic rings. The van der Waals surface area contributed by atoms with Gasteiger partial charge in [-0.2, -0.15) is 0 Å². The second-order valence-corrected chi connectivity index (χ2v) is 7.42. The van der Waals surface area contributed by atoms with E-state index in [1.165, 1.54) is 0 Å². The normalized spacial score (nSPS) is 26.5.